The molecule has 0 fully saturated rings. The van der Waals surface area contributed by atoms with Gasteiger partial charge in [0.15, 0.2) is 5.16 Å². The number of rotatable bonds is 6. The third-order valence-electron chi connectivity index (χ3n) is 3.22. The van der Waals surface area contributed by atoms with E-state index in [2.05, 4.69) is 20.8 Å². The largest absolute Gasteiger partial charge is 0.462 e. The summed E-state index contributed by atoms with van der Waals surface area (Å²) >= 11 is 1.01. The number of nitrogen functional groups attached to an aromatic ring is 1. The smallest absolute Gasteiger partial charge is 0.343 e. The molecule has 27 heavy (non-hydrogen) atoms. The number of ether oxygens (including phenoxy) is 1. The predicted molar refractivity (Wildman–Crippen MR) is 99.9 cm³/mol. The molecule has 0 aliphatic rings. The van der Waals surface area contributed by atoms with Crippen LogP contribution in [0.3, 0.4) is 0 Å². The molecule has 2 amide bonds. The highest BCUT2D eigenvalue weighted by atomic mass is 32.2. The Morgan fingerprint density at radius 1 is 1.26 bits per heavy atom. The molecule has 4 N–H and O–H groups in total. The lowest BCUT2D eigenvalue weighted by Gasteiger charge is -2.08. The van der Waals surface area contributed by atoms with Crippen LogP contribution in [0.4, 0.5) is 5.82 Å². The average Bonchev–Trinajstić information content (AvgIpc) is 2.64. The molecule has 2 aromatic rings. The molecule has 2 rings (SSSR count). The molecule has 0 spiro atoms. The molecule has 0 saturated carbocycles. The van der Waals surface area contributed by atoms with Gasteiger partial charge in [-0.05, 0) is 26.0 Å². The van der Waals surface area contributed by atoms with Crippen LogP contribution in [0.5, 0.6) is 0 Å². The van der Waals surface area contributed by atoms with Crippen molar-refractivity contribution in [3.05, 3.63) is 47.2 Å². The Morgan fingerprint density at radius 2 is 2.04 bits per heavy atom. The van der Waals surface area contributed by atoms with Gasteiger partial charge in [0, 0.05) is 11.8 Å². The predicted octanol–water partition coefficient (Wildman–Crippen LogP) is 1.10. The molecule has 0 aliphatic carbocycles. The number of hydrazine groups is 1. The van der Waals surface area contributed by atoms with E-state index in [1.54, 1.807) is 25.1 Å². The van der Waals surface area contributed by atoms with E-state index in [1.807, 2.05) is 13.0 Å². The minimum atomic E-state index is -0.608. The van der Waals surface area contributed by atoms with Gasteiger partial charge in [0.25, 0.3) is 5.91 Å². The van der Waals surface area contributed by atoms with Crippen LogP contribution >= 0.6 is 11.8 Å². The van der Waals surface area contributed by atoms with Crippen molar-refractivity contribution in [1.82, 2.24) is 20.8 Å². The first-order valence-electron chi connectivity index (χ1n) is 7.99. The van der Waals surface area contributed by atoms with Gasteiger partial charge in [-0.2, -0.15) is 0 Å². The van der Waals surface area contributed by atoms with Crippen molar-refractivity contribution in [1.29, 1.82) is 0 Å². The first kappa shape index (κ1) is 20.2. The highest BCUT2D eigenvalue weighted by Gasteiger charge is 2.14. The summed E-state index contributed by atoms with van der Waals surface area (Å²) in [6.45, 7) is 3.75. The molecule has 1 aromatic carbocycles. The molecule has 0 unspecified atom stereocenters. The van der Waals surface area contributed by atoms with Crippen LogP contribution in [0.25, 0.3) is 0 Å². The molecule has 142 valence electrons. The summed E-state index contributed by atoms with van der Waals surface area (Å²) in [6.07, 6.45) is 1.25. The summed E-state index contributed by atoms with van der Waals surface area (Å²) in [5, 5.41) is 0.223. The van der Waals surface area contributed by atoms with E-state index < -0.39 is 17.8 Å². The topological polar surface area (TPSA) is 136 Å². The van der Waals surface area contributed by atoms with Crippen LogP contribution in [0.2, 0.25) is 0 Å². The number of nitrogens with two attached hydrogens (primary N) is 1. The van der Waals surface area contributed by atoms with Gasteiger partial charge in [-0.25, -0.2) is 14.8 Å². The summed E-state index contributed by atoms with van der Waals surface area (Å²) in [5.74, 6) is -1.55. The first-order chi connectivity index (χ1) is 12.9. The fourth-order valence-electron chi connectivity index (χ4n) is 1.96. The van der Waals surface area contributed by atoms with E-state index in [0.717, 1.165) is 17.3 Å². The molecule has 0 bridgehead atoms. The zero-order chi connectivity index (χ0) is 19.8. The zero-order valence-corrected chi connectivity index (χ0v) is 15.6. The number of hydrogen-bond acceptors (Lipinski definition) is 8. The van der Waals surface area contributed by atoms with E-state index in [0.29, 0.717) is 5.56 Å². The maximum absolute atomic E-state index is 12.0. The summed E-state index contributed by atoms with van der Waals surface area (Å²) in [4.78, 5) is 43.4. The highest BCUT2D eigenvalue weighted by Crippen LogP contribution is 2.16. The fourth-order valence-corrected chi connectivity index (χ4v) is 2.59. The number of thioether (sulfide) groups is 1. The number of aromatic nitrogens is 2. The van der Waals surface area contributed by atoms with E-state index >= 15 is 0 Å². The quantitative estimate of drug-likeness (QED) is 0.289. The van der Waals surface area contributed by atoms with Crippen molar-refractivity contribution in [3.63, 3.8) is 0 Å². The van der Waals surface area contributed by atoms with Crippen molar-refractivity contribution < 1.29 is 19.1 Å². The maximum Gasteiger partial charge on any atom is 0.343 e. The van der Waals surface area contributed by atoms with Gasteiger partial charge in [0.2, 0.25) is 5.91 Å². The van der Waals surface area contributed by atoms with Crippen molar-refractivity contribution in [3.8, 4) is 0 Å². The van der Waals surface area contributed by atoms with Gasteiger partial charge in [0.1, 0.15) is 11.4 Å². The Kier molecular flexibility index (Phi) is 7.12. The molecule has 10 heteroatoms. The number of hydrogen-bond donors (Lipinski definition) is 3. The second kappa shape index (κ2) is 9.53. The lowest BCUT2D eigenvalue weighted by Crippen LogP contribution is -2.42. The second-order valence-corrected chi connectivity index (χ2v) is 6.27. The fraction of sp³-hybridized carbons (Fsp3) is 0.235. The number of carbonyl (C=O) groups excluding carboxylic acids is 3. The number of esters is 1. The number of amides is 2. The zero-order valence-electron chi connectivity index (χ0n) is 14.8. The third-order valence-corrected chi connectivity index (χ3v) is 4.08. The molecular weight excluding hydrogens is 370 g/mol. The van der Waals surface area contributed by atoms with Gasteiger partial charge in [0.05, 0.1) is 12.4 Å². The molecule has 0 saturated heterocycles. The van der Waals surface area contributed by atoms with Crippen LogP contribution in [0.1, 0.15) is 33.2 Å². The number of anilines is 1. The summed E-state index contributed by atoms with van der Waals surface area (Å²) < 4.78 is 4.83. The normalized spacial score (nSPS) is 10.1. The van der Waals surface area contributed by atoms with Crippen molar-refractivity contribution in [2.45, 2.75) is 19.0 Å². The van der Waals surface area contributed by atoms with Gasteiger partial charge < -0.3 is 10.5 Å². The number of carbonyl (C=O) groups is 3. The maximum atomic E-state index is 12.0. The molecule has 1 aromatic heterocycles. The van der Waals surface area contributed by atoms with Gasteiger partial charge in [-0.3, -0.25) is 20.4 Å². The average molecular weight is 389 g/mol. The Hall–Kier alpha value is -3.14. The Morgan fingerprint density at radius 3 is 2.70 bits per heavy atom. The Labute approximate surface area is 160 Å². The third kappa shape index (κ3) is 5.96. The van der Waals surface area contributed by atoms with Crippen molar-refractivity contribution in [2.75, 3.05) is 18.1 Å². The van der Waals surface area contributed by atoms with Gasteiger partial charge in [-0.1, -0.05) is 29.5 Å². The number of aryl methyl sites for hydroxylation is 1. The SMILES string of the molecule is CCOC(=O)c1cnc(SCC(=O)NNC(=O)c2cccc(C)c2)nc1N. The molecule has 9 nitrogen and oxygen atoms in total. The lowest BCUT2D eigenvalue weighted by molar-refractivity contribution is -0.119. The summed E-state index contributed by atoms with van der Waals surface area (Å²) in [7, 11) is 0. The first-order valence-corrected chi connectivity index (χ1v) is 8.97. The van der Waals surface area contributed by atoms with Crippen molar-refractivity contribution in [2.24, 2.45) is 0 Å². The minimum absolute atomic E-state index is 0.0286. The summed E-state index contributed by atoms with van der Waals surface area (Å²) in [6, 6.07) is 6.97. The second-order valence-electron chi connectivity index (χ2n) is 5.33. The lowest BCUT2D eigenvalue weighted by atomic mass is 10.1. The number of benzene rings is 1. The number of nitrogens with one attached hydrogen (secondary N) is 2. The van der Waals surface area contributed by atoms with E-state index in [9.17, 15) is 14.4 Å². The minimum Gasteiger partial charge on any atom is -0.462 e. The van der Waals surface area contributed by atoms with E-state index in [1.165, 1.54) is 6.20 Å². The van der Waals surface area contributed by atoms with Crippen molar-refractivity contribution >= 4 is 35.4 Å². The summed E-state index contributed by atoms with van der Waals surface area (Å²) in [5.41, 5.74) is 11.8. The molecule has 0 atom stereocenters. The van der Waals surface area contributed by atoms with Gasteiger partial charge >= 0.3 is 5.97 Å². The van der Waals surface area contributed by atoms with Crippen LogP contribution in [-0.2, 0) is 9.53 Å². The molecule has 0 radical (unpaired) electrons. The standard InChI is InChI=1S/C17H19N5O4S/c1-3-26-16(25)12-8-19-17(20-14(12)18)27-9-13(23)21-22-15(24)11-6-4-5-10(2)7-11/h4-8H,3,9H2,1-2H3,(H,21,23)(H,22,24)(H2,18,19,20). The number of nitrogens with zero attached hydrogens (tertiary/aromatic N) is 2. The van der Waals surface area contributed by atoms with Gasteiger partial charge in [-0.15, -0.1) is 0 Å². The monoisotopic (exact) mass is 389 g/mol. The van der Waals surface area contributed by atoms with Crippen LogP contribution in [0, 0.1) is 6.92 Å². The molecule has 1 heterocycles. The Bertz CT molecular complexity index is 859. The van der Waals surface area contributed by atoms with E-state index in [-0.39, 0.29) is 28.9 Å². The van der Waals surface area contributed by atoms with E-state index in [4.69, 9.17) is 10.5 Å². The molecule has 0 aliphatic heterocycles. The van der Waals surface area contributed by atoms with Crippen LogP contribution < -0.4 is 16.6 Å². The Balaban J connectivity index is 1.84. The molecular formula is C17H19N5O4S. The highest BCUT2D eigenvalue weighted by molar-refractivity contribution is 7.99. The van der Waals surface area contributed by atoms with Crippen LogP contribution in [0.15, 0.2) is 35.6 Å². The van der Waals surface area contributed by atoms with Crippen LogP contribution in [-0.4, -0.2) is 40.1 Å².